The third-order valence-electron chi connectivity index (χ3n) is 4.98. The topological polar surface area (TPSA) is 52.6 Å². The Labute approximate surface area is 142 Å². The molecule has 23 heavy (non-hydrogen) atoms. The zero-order valence-electron chi connectivity index (χ0n) is 13.7. The molecule has 4 nitrogen and oxygen atoms in total. The van der Waals surface area contributed by atoms with Crippen molar-refractivity contribution in [2.45, 2.75) is 49.1 Å². The third-order valence-corrected chi connectivity index (χ3v) is 6.10. The van der Waals surface area contributed by atoms with Crippen molar-refractivity contribution < 1.29 is 9.90 Å². The van der Waals surface area contributed by atoms with Crippen LogP contribution in [0.5, 0.6) is 0 Å². The lowest BCUT2D eigenvalue weighted by molar-refractivity contribution is 0.0562. The molecule has 5 heteroatoms. The first kappa shape index (κ1) is 16.7. The molecule has 1 aliphatic heterocycles. The lowest BCUT2D eigenvalue weighted by Crippen LogP contribution is -2.44. The first-order valence-corrected chi connectivity index (χ1v) is 9.55. The Bertz CT molecular complexity index is 552. The predicted molar refractivity (Wildman–Crippen MR) is 93.7 cm³/mol. The number of aliphatic hydroxyl groups excluding tert-OH is 1. The van der Waals surface area contributed by atoms with E-state index < -0.39 is 0 Å². The molecule has 2 aliphatic rings. The Morgan fingerprint density at radius 1 is 1.30 bits per heavy atom. The van der Waals surface area contributed by atoms with E-state index in [1.54, 1.807) is 4.90 Å². The number of carbonyl (C=O) groups excluding carboxylic acids is 1. The van der Waals surface area contributed by atoms with Gasteiger partial charge in [0, 0.05) is 30.2 Å². The fraction of sp³-hybridized carbons (Fsp3) is 0.611. The van der Waals surface area contributed by atoms with E-state index in [4.69, 9.17) is 0 Å². The maximum atomic E-state index is 12.5. The summed E-state index contributed by atoms with van der Waals surface area (Å²) in [5, 5.41) is 13.3. The molecular formula is C18H26N2O2S. The summed E-state index contributed by atoms with van der Waals surface area (Å²) >= 11 is 1.86. The van der Waals surface area contributed by atoms with Crippen LogP contribution in [0, 0.1) is 5.92 Å². The Morgan fingerprint density at radius 2 is 2.09 bits per heavy atom. The van der Waals surface area contributed by atoms with E-state index in [0.717, 1.165) is 37.9 Å². The zero-order chi connectivity index (χ0) is 16.2. The van der Waals surface area contributed by atoms with Crippen molar-refractivity contribution in [3.8, 4) is 0 Å². The van der Waals surface area contributed by atoms with Gasteiger partial charge in [-0.1, -0.05) is 31.0 Å². The van der Waals surface area contributed by atoms with E-state index >= 15 is 0 Å². The molecule has 2 N–H and O–H groups in total. The third kappa shape index (κ3) is 4.01. The lowest BCUT2D eigenvalue weighted by atomic mass is 9.86. The SMILES string of the molecule is CN(CC1CCCCC1O)C(=O)NC1CCSc2ccccc21. The van der Waals surface area contributed by atoms with Crippen molar-refractivity contribution in [1.82, 2.24) is 10.2 Å². The van der Waals surface area contributed by atoms with Crippen LogP contribution in [0.15, 0.2) is 29.2 Å². The number of nitrogens with one attached hydrogen (secondary N) is 1. The minimum Gasteiger partial charge on any atom is -0.393 e. The fourth-order valence-corrected chi connectivity index (χ4v) is 4.71. The molecule has 0 spiro atoms. The van der Waals surface area contributed by atoms with Crippen molar-refractivity contribution >= 4 is 17.8 Å². The van der Waals surface area contributed by atoms with Crippen LogP contribution >= 0.6 is 11.8 Å². The number of carbonyl (C=O) groups is 1. The van der Waals surface area contributed by atoms with Crippen molar-refractivity contribution in [2.24, 2.45) is 5.92 Å². The molecule has 3 unspecified atom stereocenters. The van der Waals surface area contributed by atoms with Gasteiger partial charge < -0.3 is 15.3 Å². The van der Waals surface area contributed by atoms with E-state index in [1.807, 2.05) is 30.9 Å². The Hall–Kier alpha value is -1.20. The van der Waals surface area contributed by atoms with Crippen LogP contribution in [0.3, 0.4) is 0 Å². The summed E-state index contributed by atoms with van der Waals surface area (Å²) < 4.78 is 0. The smallest absolute Gasteiger partial charge is 0.317 e. The summed E-state index contributed by atoms with van der Waals surface area (Å²) in [4.78, 5) is 15.5. The number of fused-ring (bicyclic) bond motifs is 1. The molecule has 1 aromatic rings. The highest BCUT2D eigenvalue weighted by molar-refractivity contribution is 7.99. The van der Waals surface area contributed by atoms with E-state index in [2.05, 4.69) is 17.4 Å². The maximum absolute atomic E-state index is 12.5. The minimum atomic E-state index is -0.259. The predicted octanol–water partition coefficient (Wildman–Crippen LogP) is 3.42. The Morgan fingerprint density at radius 3 is 2.91 bits per heavy atom. The van der Waals surface area contributed by atoms with Crippen molar-refractivity contribution in [2.75, 3.05) is 19.3 Å². The van der Waals surface area contributed by atoms with E-state index in [9.17, 15) is 9.90 Å². The molecule has 1 fully saturated rings. The summed E-state index contributed by atoms with van der Waals surface area (Å²) in [7, 11) is 1.83. The summed E-state index contributed by atoms with van der Waals surface area (Å²) in [6, 6.07) is 8.38. The lowest BCUT2D eigenvalue weighted by Gasteiger charge is -2.33. The number of hydrogen-bond acceptors (Lipinski definition) is 3. The number of aliphatic hydroxyl groups is 1. The van der Waals surface area contributed by atoms with Crippen LogP contribution in [0.1, 0.15) is 43.7 Å². The van der Waals surface area contributed by atoms with Gasteiger partial charge >= 0.3 is 6.03 Å². The quantitative estimate of drug-likeness (QED) is 0.890. The second-order valence-electron chi connectivity index (χ2n) is 6.67. The van der Waals surface area contributed by atoms with Crippen LogP contribution in [0.2, 0.25) is 0 Å². The van der Waals surface area contributed by atoms with Gasteiger partial charge in [0.15, 0.2) is 0 Å². The zero-order valence-corrected chi connectivity index (χ0v) is 14.5. The second-order valence-corrected chi connectivity index (χ2v) is 7.81. The summed E-state index contributed by atoms with van der Waals surface area (Å²) in [6.45, 7) is 0.635. The first-order chi connectivity index (χ1) is 11.1. The van der Waals surface area contributed by atoms with Gasteiger partial charge in [0.25, 0.3) is 0 Å². The van der Waals surface area contributed by atoms with Gasteiger partial charge in [0.1, 0.15) is 0 Å². The molecule has 126 valence electrons. The van der Waals surface area contributed by atoms with Gasteiger partial charge in [-0.3, -0.25) is 0 Å². The molecule has 0 bridgehead atoms. The van der Waals surface area contributed by atoms with Crippen molar-refractivity contribution in [3.63, 3.8) is 0 Å². The van der Waals surface area contributed by atoms with Crippen LogP contribution in [-0.4, -0.2) is 41.5 Å². The summed E-state index contributed by atoms with van der Waals surface area (Å²) in [6.07, 6.45) is 4.85. The van der Waals surface area contributed by atoms with Gasteiger partial charge in [-0.05, 0) is 30.9 Å². The Kier molecular flexibility index (Phi) is 5.49. The van der Waals surface area contributed by atoms with Gasteiger partial charge in [-0.15, -0.1) is 11.8 Å². The average Bonchev–Trinajstić information content (AvgIpc) is 2.57. The number of amides is 2. The number of thioether (sulfide) groups is 1. The van der Waals surface area contributed by atoms with Gasteiger partial charge in [-0.25, -0.2) is 4.79 Å². The average molecular weight is 334 g/mol. The molecule has 0 aromatic heterocycles. The van der Waals surface area contributed by atoms with E-state index in [0.29, 0.717) is 6.54 Å². The number of hydrogen-bond donors (Lipinski definition) is 2. The number of urea groups is 1. The van der Waals surface area contributed by atoms with Crippen LogP contribution < -0.4 is 5.32 Å². The molecule has 0 radical (unpaired) electrons. The molecule has 3 atom stereocenters. The highest BCUT2D eigenvalue weighted by Gasteiger charge is 2.27. The Balaban J connectivity index is 1.58. The van der Waals surface area contributed by atoms with Crippen LogP contribution in [0.4, 0.5) is 4.79 Å². The maximum Gasteiger partial charge on any atom is 0.317 e. The van der Waals surface area contributed by atoms with E-state index in [-0.39, 0.29) is 24.1 Å². The summed E-state index contributed by atoms with van der Waals surface area (Å²) in [5.74, 6) is 1.25. The molecule has 1 aliphatic carbocycles. The van der Waals surface area contributed by atoms with Crippen molar-refractivity contribution in [3.05, 3.63) is 29.8 Å². The molecular weight excluding hydrogens is 308 g/mol. The van der Waals surface area contributed by atoms with E-state index in [1.165, 1.54) is 10.5 Å². The normalized spacial score (nSPS) is 27.1. The highest BCUT2D eigenvalue weighted by atomic mass is 32.2. The molecule has 3 rings (SSSR count). The molecule has 1 saturated carbocycles. The van der Waals surface area contributed by atoms with Gasteiger partial charge in [0.05, 0.1) is 12.1 Å². The van der Waals surface area contributed by atoms with Gasteiger partial charge in [0.2, 0.25) is 0 Å². The van der Waals surface area contributed by atoms with Crippen LogP contribution in [-0.2, 0) is 0 Å². The molecule has 0 saturated heterocycles. The molecule has 2 amide bonds. The van der Waals surface area contributed by atoms with Crippen molar-refractivity contribution in [1.29, 1.82) is 0 Å². The minimum absolute atomic E-state index is 0.0329. The second kappa shape index (κ2) is 7.58. The standard InChI is InChI=1S/C18H26N2O2S/c1-20(12-13-6-2-4-8-16(13)21)18(22)19-15-10-11-23-17-9-5-3-7-14(15)17/h3,5,7,9,13,15-16,21H,2,4,6,8,10-12H2,1H3,(H,19,22). The monoisotopic (exact) mass is 334 g/mol. The molecule has 1 aromatic carbocycles. The largest absolute Gasteiger partial charge is 0.393 e. The highest BCUT2D eigenvalue weighted by Crippen LogP contribution is 2.35. The van der Waals surface area contributed by atoms with Crippen LogP contribution in [0.25, 0.3) is 0 Å². The number of nitrogens with zero attached hydrogens (tertiary/aromatic N) is 1. The first-order valence-electron chi connectivity index (χ1n) is 8.56. The van der Waals surface area contributed by atoms with Gasteiger partial charge in [-0.2, -0.15) is 0 Å². The number of benzene rings is 1. The molecule has 1 heterocycles. The summed E-state index contributed by atoms with van der Waals surface area (Å²) in [5.41, 5.74) is 1.23. The fourth-order valence-electron chi connectivity index (χ4n) is 3.59. The number of rotatable bonds is 3.